The molecule has 0 N–H and O–H groups in total. The zero-order valence-electron chi connectivity index (χ0n) is 8.36. The van der Waals surface area contributed by atoms with Gasteiger partial charge in [0, 0.05) is 16.3 Å². The van der Waals surface area contributed by atoms with E-state index in [9.17, 15) is 4.21 Å². The summed E-state index contributed by atoms with van der Waals surface area (Å²) in [6, 6.07) is 7.25. The van der Waals surface area contributed by atoms with E-state index in [0.717, 1.165) is 23.7 Å². The van der Waals surface area contributed by atoms with Gasteiger partial charge in [0.1, 0.15) is 5.75 Å². The Bertz CT molecular complexity index is 269. The molecule has 0 heterocycles. The van der Waals surface area contributed by atoms with E-state index in [4.69, 9.17) is 4.74 Å². The Kier molecular flexibility index (Phi) is 5.15. The molecule has 14 heavy (non-hydrogen) atoms. The van der Waals surface area contributed by atoms with Crippen molar-refractivity contribution in [1.82, 2.24) is 0 Å². The largest absolute Gasteiger partial charge is 0.505 e. The van der Waals surface area contributed by atoms with Crippen molar-refractivity contribution in [3.63, 3.8) is 0 Å². The Morgan fingerprint density at radius 3 is 2.50 bits per heavy atom. The van der Waals surface area contributed by atoms with Gasteiger partial charge < -0.3 is 4.74 Å². The van der Waals surface area contributed by atoms with Crippen LogP contribution in [0.4, 0.5) is 0 Å². The maximum atomic E-state index is 10.4. The van der Waals surface area contributed by atoms with Crippen LogP contribution in [0.25, 0.3) is 0 Å². The second-order valence-corrected chi connectivity index (χ2v) is 3.75. The van der Waals surface area contributed by atoms with E-state index in [1.54, 1.807) is 12.1 Å². The third-order valence-electron chi connectivity index (χ3n) is 1.94. The van der Waals surface area contributed by atoms with Crippen LogP contribution in [0.3, 0.4) is 0 Å². The molecule has 1 aromatic carbocycles. The fraction of sp³-hybridized carbons (Fsp3) is 0.455. The smallest absolute Gasteiger partial charge is 0.494 e. The van der Waals surface area contributed by atoms with E-state index in [1.807, 2.05) is 12.1 Å². The van der Waals surface area contributed by atoms with Gasteiger partial charge in [-0.25, -0.2) is 0 Å². The molecule has 0 amide bonds. The first kappa shape index (κ1) is 11.1. The highest BCUT2D eigenvalue weighted by Crippen LogP contribution is 2.12. The van der Waals surface area contributed by atoms with Gasteiger partial charge in [-0.3, -0.25) is 0 Å². The zero-order valence-corrected chi connectivity index (χ0v) is 9.18. The SMILES string of the molecule is CCCCCOc1ccc([S+]=O)cc1. The highest BCUT2D eigenvalue weighted by Gasteiger charge is 2.04. The summed E-state index contributed by atoms with van der Waals surface area (Å²) >= 11 is 0.504. The fourth-order valence-electron chi connectivity index (χ4n) is 1.13. The van der Waals surface area contributed by atoms with Crippen molar-refractivity contribution in [2.45, 2.75) is 31.1 Å². The van der Waals surface area contributed by atoms with E-state index < -0.39 is 0 Å². The third kappa shape index (κ3) is 3.83. The van der Waals surface area contributed by atoms with Gasteiger partial charge in [0.2, 0.25) is 0 Å². The summed E-state index contributed by atoms with van der Waals surface area (Å²) in [6.45, 7) is 2.93. The minimum atomic E-state index is 0.504. The molecule has 0 aromatic heterocycles. The van der Waals surface area contributed by atoms with E-state index >= 15 is 0 Å². The van der Waals surface area contributed by atoms with Crippen LogP contribution in [0.15, 0.2) is 29.2 Å². The summed E-state index contributed by atoms with van der Waals surface area (Å²) < 4.78 is 15.9. The third-order valence-corrected chi connectivity index (χ3v) is 2.40. The Balaban J connectivity index is 2.32. The van der Waals surface area contributed by atoms with Gasteiger partial charge in [-0.05, 0) is 18.6 Å². The van der Waals surface area contributed by atoms with Crippen LogP contribution in [0.1, 0.15) is 26.2 Å². The number of hydrogen-bond donors (Lipinski definition) is 0. The van der Waals surface area contributed by atoms with Crippen molar-refractivity contribution in [2.75, 3.05) is 6.61 Å². The first-order valence-electron chi connectivity index (χ1n) is 4.89. The van der Waals surface area contributed by atoms with E-state index in [-0.39, 0.29) is 0 Å². The first-order chi connectivity index (χ1) is 6.86. The molecule has 2 nitrogen and oxygen atoms in total. The second kappa shape index (κ2) is 6.49. The minimum Gasteiger partial charge on any atom is -0.494 e. The molecule has 0 bridgehead atoms. The van der Waals surface area contributed by atoms with Crippen molar-refractivity contribution >= 4 is 11.7 Å². The van der Waals surface area contributed by atoms with E-state index in [0.29, 0.717) is 11.7 Å². The Morgan fingerprint density at radius 2 is 1.93 bits per heavy atom. The van der Waals surface area contributed by atoms with E-state index in [2.05, 4.69) is 6.92 Å². The Hall–Kier alpha value is -0.960. The topological polar surface area (TPSA) is 26.3 Å². The lowest BCUT2D eigenvalue weighted by Crippen LogP contribution is -1.96. The molecule has 0 aliphatic carbocycles. The maximum Gasteiger partial charge on any atom is 0.505 e. The summed E-state index contributed by atoms with van der Waals surface area (Å²) in [7, 11) is 0. The summed E-state index contributed by atoms with van der Waals surface area (Å²) in [5.41, 5.74) is 0. The lowest BCUT2D eigenvalue weighted by molar-refractivity contribution is 0.306. The lowest BCUT2D eigenvalue weighted by Gasteiger charge is -2.03. The minimum absolute atomic E-state index is 0.504. The van der Waals surface area contributed by atoms with Crippen LogP contribution in [0, 0.1) is 0 Å². The monoisotopic (exact) mass is 211 g/mol. The molecule has 0 atom stereocenters. The molecular formula is C11H15O2S+. The van der Waals surface area contributed by atoms with Crippen LogP contribution in [-0.2, 0) is 15.9 Å². The average Bonchev–Trinajstić information content (AvgIpc) is 2.25. The van der Waals surface area contributed by atoms with Crippen LogP contribution in [-0.4, -0.2) is 6.61 Å². The van der Waals surface area contributed by atoms with Gasteiger partial charge in [-0.2, -0.15) is 0 Å². The van der Waals surface area contributed by atoms with Crippen LogP contribution < -0.4 is 4.74 Å². The van der Waals surface area contributed by atoms with Gasteiger partial charge in [0.05, 0.1) is 6.61 Å². The van der Waals surface area contributed by atoms with Crippen LogP contribution in [0.5, 0.6) is 5.75 Å². The maximum absolute atomic E-state index is 10.4. The predicted octanol–water partition coefficient (Wildman–Crippen LogP) is 3.04. The highest BCUT2D eigenvalue weighted by atomic mass is 32.1. The lowest BCUT2D eigenvalue weighted by atomic mass is 10.3. The summed E-state index contributed by atoms with van der Waals surface area (Å²) in [5.74, 6) is 0.846. The quantitative estimate of drug-likeness (QED) is 0.534. The molecule has 1 rings (SSSR count). The van der Waals surface area contributed by atoms with E-state index in [1.165, 1.54) is 12.8 Å². The number of rotatable bonds is 6. The predicted molar refractivity (Wildman–Crippen MR) is 57.8 cm³/mol. The number of unbranched alkanes of at least 4 members (excludes halogenated alkanes) is 2. The molecule has 0 saturated heterocycles. The molecule has 0 saturated carbocycles. The average molecular weight is 211 g/mol. The van der Waals surface area contributed by atoms with Gasteiger partial charge >= 0.3 is 11.7 Å². The zero-order chi connectivity index (χ0) is 10.2. The standard InChI is InChI=1S/C11H15O2S/c1-2-3-4-9-13-10-5-7-11(14-12)8-6-10/h5-8H,2-4,9H2,1H3/q+1. The number of ether oxygens (including phenoxy) is 1. The highest BCUT2D eigenvalue weighted by molar-refractivity contribution is 7.65. The molecular weight excluding hydrogens is 196 g/mol. The van der Waals surface area contributed by atoms with Crippen molar-refractivity contribution in [2.24, 2.45) is 0 Å². The van der Waals surface area contributed by atoms with Gasteiger partial charge in [0.25, 0.3) is 4.90 Å². The molecule has 0 aliphatic heterocycles. The van der Waals surface area contributed by atoms with Gasteiger partial charge in [-0.15, -0.1) is 0 Å². The molecule has 0 fully saturated rings. The molecule has 76 valence electrons. The summed E-state index contributed by atoms with van der Waals surface area (Å²) in [6.07, 6.45) is 3.50. The second-order valence-electron chi connectivity index (χ2n) is 3.11. The van der Waals surface area contributed by atoms with Crippen molar-refractivity contribution in [3.05, 3.63) is 24.3 Å². The summed E-state index contributed by atoms with van der Waals surface area (Å²) in [4.78, 5) is 0.728. The normalized spacial score (nSPS) is 9.79. The molecule has 1 aromatic rings. The molecule has 0 radical (unpaired) electrons. The molecule has 0 unspecified atom stereocenters. The van der Waals surface area contributed by atoms with Crippen LogP contribution >= 0.6 is 0 Å². The molecule has 0 aliphatic rings. The number of benzene rings is 1. The van der Waals surface area contributed by atoms with Crippen LogP contribution in [0.2, 0.25) is 0 Å². The number of hydrogen-bond acceptors (Lipinski definition) is 2. The summed E-state index contributed by atoms with van der Waals surface area (Å²) in [5, 5.41) is 0. The van der Waals surface area contributed by atoms with Crippen molar-refractivity contribution in [3.8, 4) is 5.75 Å². The first-order valence-corrected chi connectivity index (χ1v) is 5.63. The molecule has 3 heteroatoms. The Morgan fingerprint density at radius 1 is 1.21 bits per heavy atom. The molecule has 0 spiro atoms. The van der Waals surface area contributed by atoms with Crippen molar-refractivity contribution < 1.29 is 8.95 Å². The van der Waals surface area contributed by atoms with Crippen molar-refractivity contribution in [1.29, 1.82) is 0 Å². The fourth-order valence-corrected chi connectivity index (χ4v) is 1.38. The van der Waals surface area contributed by atoms with Gasteiger partial charge in [-0.1, -0.05) is 19.8 Å². The van der Waals surface area contributed by atoms with Gasteiger partial charge in [0.15, 0.2) is 0 Å². The Labute approximate surface area is 88.8 Å².